The number of aromatic nitrogens is 3. The molecule has 0 spiro atoms. The Balaban J connectivity index is 1.56. The Hall–Kier alpha value is -1.95. The molecule has 1 aliphatic heterocycles. The van der Waals surface area contributed by atoms with Crippen molar-refractivity contribution < 1.29 is 4.52 Å². The molecule has 2 aromatic heterocycles. The van der Waals surface area contributed by atoms with Crippen molar-refractivity contribution in [2.75, 3.05) is 13.1 Å². The summed E-state index contributed by atoms with van der Waals surface area (Å²) in [6.45, 7) is 7.36. The smallest absolute Gasteiger partial charge is 0.256 e. The molecular formula is C16H22N4O2. The maximum absolute atomic E-state index is 12.2. The van der Waals surface area contributed by atoms with Crippen molar-refractivity contribution in [3.05, 3.63) is 46.0 Å². The molecule has 0 amide bonds. The third-order valence-corrected chi connectivity index (χ3v) is 4.55. The first-order valence-electron chi connectivity index (χ1n) is 7.78. The van der Waals surface area contributed by atoms with Crippen molar-refractivity contribution in [3.63, 3.8) is 0 Å². The molecule has 2 aromatic rings. The fraction of sp³-hybridized carbons (Fsp3) is 0.562. The molecule has 3 rings (SSSR count). The number of aryl methyl sites for hydroxylation is 1. The minimum Gasteiger partial charge on any atom is -0.360 e. The van der Waals surface area contributed by atoms with Gasteiger partial charge in [0.15, 0.2) is 5.76 Å². The van der Waals surface area contributed by atoms with Crippen molar-refractivity contribution in [2.24, 2.45) is 5.92 Å². The fourth-order valence-electron chi connectivity index (χ4n) is 2.96. The Kier molecular flexibility index (Phi) is 4.38. The first-order valence-corrected chi connectivity index (χ1v) is 7.78. The predicted octanol–water partition coefficient (Wildman–Crippen LogP) is 1.76. The molecule has 118 valence electrons. The van der Waals surface area contributed by atoms with Crippen LogP contribution >= 0.6 is 0 Å². The van der Waals surface area contributed by atoms with Gasteiger partial charge in [-0.25, -0.2) is 4.98 Å². The van der Waals surface area contributed by atoms with Gasteiger partial charge in [0, 0.05) is 23.9 Å². The van der Waals surface area contributed by atoms with E-state index in [0.717, 1.165) is 56.0 Å². The summed E-state index contributed by atoms with van der Waals surface area (Å²) in [6.07, 6.45) is 5.55. The van der Waals surface area contributed by atoms with Crippen molar-refractivity contribution in [1.29, 1.82) is 0 Å². The third-order valence-electron chi connectivity index (χ3n) is 4.55. The van der Waals surface area contributed by atoms with Crippen molar-refractivity contribution in [1.82, 2.24) is 19.6 Å². The summed E-state index contributed by atoms with van der Waals surface area (Å²) in [5.74, 6) is 1.45. The number of nitrogens with zero attached hydrogens (tertiary/aromatic N) is 4. The third kappa shape index (κ3) is 3.27. The number of rotatable bonds is 4. The monoisotopic (exact) mass is 302 g/mol. The van der Waals surface area contributed by atoms with Gasteiger partial charge < -0.3 is 4.52 Å². The van der Waals surface area contributed by atoms with Crippen LogP contribution in [0.1, 0.15) is 29.9 Å². The molecule has 6 heteroatoms. The summed E-state index contributed by atoms with van der Waals surface area (Å²) in [5.41, 5.74) is 1.67. The van der Waals surface area contributed by atoms with E-state index in [0.29, 0.717) is 5.92 Å². The van der Waals surface area contributed by atoms with E-state index in [2.05, 4.69) is 15.0 Å². The number of piperidine rings is 1. The van der Waals surface area contributed by atoms with Gasteiger partial charge in [-0.15, -0.1) is 0 Å². The molecule has 0 bridgehead atoms. The molecule has 22 heavy (non-hydrogen) atoms. The molecule has 1 aliphatic rings. The van der Waals surface area contributed by atoms with Gasteiger partial charge in [0.25, 0.3) is 5.56 Å². The zero-order chi connectivity index (χ0) is 15.5. The van der Waals surface area contributed by atoms with Crippen LogP contribution in [0.2, 0.25) is 0 Å². The lowest BCUT2D eigenvalue weighted by Crippen LogP contribution is -2.36. The normalized spacial score (nSPS) is 17.0. The second kappa shape index (κ2) is 6.44. The summed E-state index contributed by atoms with van der Waals surface area (Å²) >= 11 is 0. The molecule has 0 radical (unpaired) electrons. The van der Waals surface area contributed by atoms with E-state index in [-0.39, 0.29) is 5.56 Å². The molecule has 3 heterocycles. The lowest BCUT2D eigenvalue weighted by Gasteiger charge is -2.31. The Morgan fingerprint density at radius 3 is 2.77 bits per heavy atom. The van der Waals surface area contributed by atoms with Crippen LogP contribution < -0.4 is 5.56 Å². The number of hydrogen-bond donors (Lipinski definition) is 0. The van der Waals surface area contributed by atoms with E-state index in [1.54, 1.807) is 17.1 Å². The number of hydrogen-bond acceptors (Lipinski definition) is 5. The first kappa shape index (κ1) is 15.0. The lowest BCUT2D eigenvalue weighted by molar-refractivity contribution is 0.152. The summed E-state index contributed by atoms with van der Waals surface area (Å²) in [5, 5.41) is 3.74. The zero-order valence-electron chi connectivity index (χ0n) is 13.2. The molecule has 6 nitrogen and oxygen atoms in total. The molecule has 1 fully saturated rings. The molecule has 0 atom stereocenters. The topological polar surface area (TPSA) is 64.2 Å². The Morgan fingerprint density at radius 2 is 2.09 bits per heavy atom. The molecule has 0 unspecified atom stereocenters. The summed E-state index contributed by atoms with van der Waals surface area (Å²) in [7, 11) is 0. The maximum atomic E-state index is 12.2. The van der Waals surface area contributed by atoms with Crippen LogP contribution in [0, 0.1) is 19.8 Å². The van der Waals surface area contributed by atoms with Gasteiger partial charge in [0.05, 0.1) is 19.1 Å². The van der Waals surface area contributed by atoms with Crippen LogP contribution in [0.15, 0.2) is 27.9 Å². The second-order valence-electron chi connectivity index (χ2n) is 6.11. The highest BCUT2D eigenvalue weighted by Crippen LogP contribution is 2.20. The Morgan fingerprint density at radius 1 is 1.32 bits per heavy atom. The zero-order valence-corrected chi connectivity index (χ0v) is 13.2. The van der Waals surface area contributed by atoms with Crippen LogP contribution in [0.3, 0.4) is 0 Å². The van der Waals surface area contributed by atoms with Crippen LogP contribution in [0.5, 0.6) is 0 Å². The standard InChI is InChI=1S/C16H22N4O2/c1-12-13(2)17-11-20(16(12)21)9-14-4-7-19(8-5-14)10-15-3-6-18-22-15/h3,6,11,14H,4-5,7-10H2,1-2H3. The van der Waals surface area contributed by atoms with Gasteiger partial charge in [-0.1, -0.05) is 5.16 Å². The van der Waals surface area contributed by atoms with Gasteiger partial charge in [0.1, 0.15) is 0 Å². The van der Waals surface area contributed by atoms with E-state index in [9.17, 15) is 4.79 Å². The summed E-state index contributed by atoms with van der Waals surface area (Å²) < 4.78 is 6.92. The van der Waals surface area contributed by atoms with Crippen LogP contribution in [-0.4, -0.2) is 32.7 Å². The van der Waals surface area contributed by atoms with Crippen molar-refractivity contribution >= 4 is 0 Å². The van der Waals surface area contributed by atoms with Crippen LogP contribution in [0.25, 0.3) is 0 Å². The predicted molar refractivity (Wildman–Crippen MR) is 82.5 cm³/mol. The van der Waals surface area contributed by atoms with Crippen LogP contribution in [-0.2, 0) is 13.1 Å². The highest BCUT2D eigenvalue weighted by molar-refractivity contribution is 5.12. The Labute approximate surface area is 129 Å². The van der Waals surface area contributed by atoms with Crippen molar-refractivity contribution in [3.8, 4) is 0 Å². The highest BCUT2D eigenvalue weighted by Gasteiger charge is 2.21. The Bertz CT molecular complexity index is 670. The van der Waals surface area contributed by atoms with Crippen LogP contribution in [0.4, 0.5) is 0 Å². The minimum absolute atomic E-state index is 0.0941. The average molecular weight is 302 g/mol. The van der Waals surface area contributed by atoms with Gasteiger partial charge >= 0.3 is 0 Å². The number of likely N-dealkylation sites (tertiary alicyclic amines) is 1. The summed E-state index contributed by atoms with van der Waals surface area (Å²) in [6, 6.07) is 1.91. The van der Waals surface area contributed by atoms with Gasteiger partial charge in [-0.2, -0.15) is 0 Å². The SMILES string of the molecule is Cc1ncn(CC2CCN(Cc3ccno3)CC2)c(=O)c1C. The van der Waals surface area contributed by atoms with E-state index < -0.39 is 0 Å². The summed E-state index contributed by atoms with van der Waals surface area (Å²) in [4.78, 5) is 18.9. The van der Waals surface area contributed by atoms with Crippen molar-refractivity contribution in [2.45, 2.75) is 39.8 Å². The minimum atomic E-state index is 0.0941. The molecule has 0 aromatic carbocycles. The maximum Gasteiger partial charge on any atom is 0.256 e. The fourth-order valence-corrected chi connectivity index (χ4v) is 2.96. The van der Waals surface area contributed by atoms with Gasteiger partial charge in [0.2, 0.25) is 0 Å². The lowest BCUT2D eigenvalue weighted by atomic mass is 9.96. The van der Waals surface area contributed by atoms with Gasteiger partial charge in [-0.3, -0.25) is 14.3 Å². The largest absolute Gasteiger partial charge is 0.360 e. The second-order valence-corrected chi connectivity index (χ2v) is 6.11. The molecule has 0 N–H and O–H groups in total. The van der Waals surface area contributed by atoms with E-state index in [1.165, 1.54) is 0 Å². The average Bonchev–Trinajstić information content (AvgIpc) is 3.03. The van der Waals surface area contributed by atoms with E-state index in [4.69, 9.17) is 4.52 Å². The first-order chi connectivity index (χ1) is 10.6. The quantitative estimate of drug-likeness (QED) is 0.861. The van der Waals surface area contributed by atoms with Gasteiger partial charge in [-0.05, 0) is 45.7 Å². The van der Waals surface area contributed by atoms with E-state index >= 15 is 0 Å². The molecule has 0 aliphatic carbocycles. The molecule has 0 saturated carbocycles. The molecule has 1 saturated heterocycles. The van der Waals surface area contributed by atoms with E-state index in [1.807, 2.05) is 19.9 Å². The highest BCUT2D eigenvalue weighted by atomic mass is 16.5. The molecular weight excluding hydrogens is 280 g/mol.